The minimum atomic E-state index is -3.47. The molecule has 1 aliphatic rings. The number of aryl methyl sites for hydroxylation is 1. The van der Waals surface area contributed by atoms with Crippen LogP contribution in [0.15, 0.2) is 35.3 Å². The number of aromatic nitrogens is 1. The number of pyridine rings is 1. The Morgan fingerprint density at radius 3 is 2.70 bits per heavy atom. The Bertz CT molecular complexity index is 1180. The van der Waals surface area contributed by atoms with Crippen molar-refractivity contribution in [3.8, 4) is 16.9 Å². The molecule has 1 saturated heterocycles. The fraction of sp³-hybridized carbons (Fsp3) is 0.455. The first-order chi connectivity index (χ1) is 15.6. The summed E-state index contributed by atoms with van der Waals surface area (Å²) in [5.74, 6) is 0.339. The first-order valence-electron chi connectivity index (χ1n) is 10.7. The highest BCUT2D eigenvalue weighted by molar-refractivity contribution is 7.92. The second kappa shape index (κ2) is 10.3. The molecule has 0 bridgehead atoms. The molecule has 1 fully saturated rings. The standard InChI is InChI=1S/C22H30N4O6S/c1-4-33(29,30)24-16-8-7-15(12-26-9-5-6-17(13-26)32-22(23)28)18(10-16)19-14-25(2)21(27)11-20(19)31-3/h7-8,10-11,14,17,24H,4-6,9,12-13H2,1-3H3,(H2,23,28). The number of benzene rings is 1. The third-order valence-electron chi connectivity index (χ3n) is 5.60. The molecule has 33 heavy (non-hydrogen) atoms. The van der Waals surface area contributed by atoms with Gasteiger partial charge in [0.2, 0.25) is 10.0 Å². The van der Waals surface area contributed by atoms with E-state index < -0.39 is 16.1 Å². The molecule has 0 spiro atoms. The summed E-state index contributed by atoms with van der Waals surface area (Å²) in [4.78, 5) is 25.4. The third-order valence-corrected chi connectivity index (χ3v) is 6.91. The number of ether oxygens (including phenoxy) is 2. The highest BCUT2D eigenvalue weighted by Crippen LogP contribution is 2.34. The number of piperidine rings is 1. The zero-order chi connectivity index (χ0) is 24.2. The van der Waals surface area contributed by atoms with Crippen LogP contribution in [0.4, 0.5) is 10.5 Å². The van der Waals surface area contributed by atoms with E-state index in [1.807, 2.05) is 6.07 Å². The summed E-state index contributed by atoms with van der Waals surface area (Å²) in [6, 6.07) is 6.71. The van der Waals surface area contributed by atoms with E-state index in [0.29, 0.717) is 30.1 Å². The number of hydrogen-bond donors (Lipinski definition) is 2. The number of carbonyl (C=O) groups excluding carboxylic acids is 1. The molecule has 180 valence electrons. The summed E-state index contributed by atoms with van der Waals surface area (Å²) in [5, 5.41) is 0. The molecular formula is C22H30N4O6S. The van der Waals surface area contributed by atoms with Gasteiger partial charge in [-0.15, -0.1) is 0 Å². The third kappa shape index (κ3) is 6.26. The molecule has 0 aliphatic carbocycles. The van der Waals surface area contributed by atoms with Gasteiger partial charge in [0.1, 0.15) is 11.9 Å². The average Bonchev–Trinajstić information content (AvgIpc) is 2.76. The van der Waals surface area contributed by atoms with Crippen LogP contribution in [0, 0.1) is 0 Å². The molecule has 10 nitrogen and oxygen atoms in total. The van der Waals surface area contributed by atoms with Crippen molar-refractivity contribution in [3.63, 3.8) is 0 Å². The number of likely N-dealkylation sites (tertiary alicyclic amines) is 1. The van der Waals surface area contributed by atoms with Crippen molar-refractivity contribution in [2.75, 3.05) is 30.7 Å². The molecule has 1 unspecified atom stereocenters. The molecule has 2 aromatic rings. The van der Waals surface area contributed by atoms with Gasteiger partial charge in [0.25, 0.3) is 5.56 Å². The first-order valence-corrected chi connectivity index (χ1v) is 12.3. The minimum Gasteiger partial charge on any atom is -0.496 e. The average molecular weight is 479 g/mol. The van der Waals surface area contributed by atoms with E-state index in [2.05, 4.69) is 9.62 Å². The number of methoxy groups -OCH3 is 1. The number of nitrogens with zero attached hydrogens (tertiary/aromatic N) is 2. The van der Waals surface area contributed by atoms with Crippen molar-refractivity contribution in [1.82, 2.24) is 9.47 Å². The number of sulfonamides is 1. The molecule has 2 heterocycles. The molecule has 0 radical (unpaired) electrons. The van der Waals surface area contributed by atoms with Crippen LogP contribution in [-0.2, 0) is 28.4 Å². The summed E-state index contributed by atoms with van der Waals surface area (Å²) in [6.45, 7) is 3.44. The monoisotopic (exact) mass is 478 g/mol. The van der Waals surface area contributed by atoms with Crippen molar-refractivity contribution < 1.29 is 22.7 Å². The van der Waals surface area contributed by atoms with Gasteiger partial charge in [-0.25, -0.2) is 13.2 Å². The van der Waals surface area contributed by atoms with Crippen molar-refractivity contribution in [1.29, 1.82) is 0 Å². The van der Waals surface area contributed by atoms with Crippen LogP contribution in [0.25, 0.3) is 11.1 Å². The minimum absolute atomic E-state index is 0.0533. The number of carbonyl (C=O) groups is 1. The lowest BCUT2D eigenvalue weighted by molar-refractivity contribution is 0.0447. The van der Waals surface area contributed by atoms with E-state index in [0.717, 1.165) is 30.5 Å². The van der Waals surface area contributed by atoms with Crippen LogP contribution in [-0.4, -0.2) is 56.0 Å². The predicted molar refractivity (Wildman–Crippen MR) is 126 cm³/mol. The molecule has 1 aliphatic heterocycles. The van der Waals surface area contributed by atoms with E-state index in [-0.39, 0.29) is 17.4 Å². The van der Waals surface area contributed by atoms with Crippen LogP contribution < -0.4 is 20.8 Å². The Morgan fingerprint density at radius 2 is 2.03 bits per heavy atom. The summed E-state index contributed by atoms with van der Waals surface area (Å²) < 4.78 is 38.9. The number of primary amides is 1. The van der Waals surface area contributed by atoms with E-state index in [4.69, 9.17) is 15.2 Å². The van der Waals surface area contributed by atoms with Crippen LogP contribution >= 0.6 is 0 Å². The number of nitrogens with two attached hydrogens (primary N) is 1. The summed E-state index contributed by atoms with van der Waals surface area (Å²) in [6.07, 6.45) is 2.21. The molecule has 0 saturated carbocycles. The second-order valence-electron chi connectivity index (χ2n) is 8.02. The molecule has 1 aromatic carbocycles. The van der Waals surface area contributed by atoms with Crippen LogP contribution in [0.5, 0.6) is 5.75 Å². The lowest BCUT2D eigenvalue weighted by Gasteiger charge is -2.32. The lowest BCUT2D eigenvalue weighted by Crippen LogP contribution is -2.41. The number of rotatable bonds is 8. The van der Waals surface area contributed by atoms with E-state index in [1.165, 1.54) is 17.7 Å². The molecule has 1 atom stereocenters. The maximum Gasteiger partial charge on any atom is 0.404 e. The lowest BCUT2D eigenvalue weighted by atomic mass is 9.98. The SMILES string of the molecule is CCS(=O)(=O)Nc1ccc(CN2CCCC(OC(N)=O)C2)c(-c2cn(C)c(=O)cc2OC)c1. The largest absolute Gasteiger partial charge is 0.496 e. The van der Waals surface area contributed by atoms with Gasteiger partial charge in [0.15, 0.2) is 0 Å². The number of anilines is 1. The Balaban J connectivity index is 2.02. The maximum atomic E-state index is 12.1. The Labute approximate surface area is 193 Å². The number of hydrogen-bond acceptors (Lipinski definition) is 7. The Hall–Kier alpha value is -3.05. The highest BCUT2D eigenvalue weighted by atomic mass is 32.2. The number of amides is 1. The molecule has 1 amide bonds. The predicted octanol–water partition coefficient (Wildman–Crippen LogP) is 1.88. The van der Waals surface area contributed by atoms with Gasteiger partial charge in [0, 0.05) is 43.7 Å². The highest BCUT2D eigenvalue weighted by Gasteiger charge is 2.24. The van der Waals surface area contributed by atoms with Gasteiger partial charge >= 0.3 is 6.09 Å². The molecule has 3 rings (SSSR count). The maximum absolute atomic E-state index is 12.1. The van der Waals surface area contributed by atoms with Gasteiger partial charge in [-0.2, -0.15) is 0 Å². The Kier molecular flexibility index (Phi) is 7.65. The van der Waals surface area contributed by atoms with Gasteiger partial charge in [0.05, 0.1) is 12.9 Å². The van der Waals surface area contributed by atoms with Gasteiger partial charge in [-0.3, -0.25) is 14.4 Å². The van der Waals surface area contributed by atoms with E-state index >= 15 is 0 Å². The van der Waals surface area contributed by atoms with E-state index in [1.54, 1.807) is 32.3 Å². The van der Waals surface area contributed by atoms with Crippen LogP contribution in [0.2, 0.25) is 0 Å². The molecule has 1 aromatic heterocycles. The normalized spacial score (nSPS) is 16.9. The van der Waals surface area contributed by atoms with Gasteiger partial charge < -0.3 is 19.8 Å². The zero-order valence-corrected chi connectivity index (χ0v) is 19.9. The van der Waals surface area contributed by atoms with Crippen molar-refractivity contribution in [2.24, 2.45) is 12.8 Å². The number of nitrogens with one attached hydrogen (secondary N) is 1. The quantitative estimate of drug-likeness (QED) is 0.592. The second-order valence-corrected chi connectivity index (χ2v) is 10.0. The van der Waals surface area contributed by atoms with E-state index in [9.17, 15) is 18.0 Å². The van der Waals surface area contributed by atoms with Crippen LogP contribution in [0.3, 0.4) is 0 Å². The fourth-order valence-electron chi connectivity index (χ4n) is 3.92. The summed E-state index contributed by atoms with van der Waals surface area (Å²) >= 11 is 0. The Morgan fingerprint density at radius 1 is 1.27 bits per heavy atom. The van der Waals surface area contributed by atoms with Crippen molar-refractivity contribution in [3.05, 3.63) is 46.4 Å². The van der Waals surface area contributed by atoms with Crippen molar-refractivity contribution >= 4 is 21.8 Å². The molecule has 3 N–H and O–H groups in total. The summed E-state index contributed by atoms with van der Waals surface area (Å²) in [7, 11) is -0.340. The fourth-order valence-corrected chi connectivity index (χ4v) is 4.55. The molecule has 11 heteroatoms. The first kappa shape index (κ1) is 24.6. The van der Waals surface area contributed by atoms with Crippen LogP contribution in [0.1, 0.15) is 25.3 Å². The van der Waals surface area contributed by atoms with Crippen molar-refractivity contribution in [2.45, 2.75) is 32.4 Å². The topological polar surface area (TPSA) is 133 Å². The molecular weight excluding hydrogens is 448 g/mol. The zero-order valence-electron chi connectivity index (χ0n) is 19.0. The van der Waals surface area contributed by atoms with Gasteiger partial charge in [-0.1, -0.05) is 6.07 Å². The van der Waals surface area contributed by atoms with Gasteiger partial charge in [-0.05, 0) is 49.6 Å². The smallest absolute Gasteiger partial charge is 0.404 e. The summed E-state index contributed by atoms with van der Waals surface area (Å²) in [5.41, 5.74) is 7.68.